The van der Waals surface area contributed by atoms with Crippen LogP contribution in [-0.2, 0) is 10.0 Å². The molecule has 0 unspecified atom stereocenters. The molecule has 2 aromatic carbocycles. The summed E-state index contributed by atoms with van der Waals surface area (Å²) in [6.07, 6.45) is 1.54. The van der Waals surface area contributed by atoms with E-state index in [9.17, 15) is 13.2 Å². The van der Waals surface area contributed by atoms with Crippen molar-refractivity contribution < 1.29 is 13.2 Å². The van der Waals surface area contributed by atoms with Crippen molar-refractivity contribution in [3.8, 4) is 0 Å². The molecule has 0 saturated carbocycles. The first kappa shape index (κ1) is 19.8. The number of carbonyl (C=O) groups is 1. The molecule has 2 aliphatic heterocycles. The third-order valence-electron chi connectivity index (χ3n) is 5.76. The molecule has 2 fully saturated rings. The minimum atomic E-state index is -3.30. The number of nitrogens with zero attached hydrogens (tertiary/aromatic N) is 3. The second-order valence-corrected chi connectivity index (χ2v) is 9.72. The number of amides is 1. The van der Waals surface area contributed by atoms with Crippen LogP contribution in [0.3, 0.4) is 0 Å². The first-order valence-electron chi connectivity index (χ1n) is 10.2. The van der Waals surface area contributed by atoms with E-state index in [1.54, 1.807) is 12.1 Å². The fraction of sp³-hybridized carbons (Fsp3) is 0.409. The number of anilines is 2. The predicted molar refractivity (Wildman–Crippen MR) is 116 cm³/mol. The lowest BCUT2D eigenvalue weighted by molar-refractivity contribution is 0.0747. The molecule has 0 atom stereocenters. The smallest absolute Gasteiger partial charge is 0.254 e. The first-order chi connectivity index (χ1) is 14.0. The Morgan fingerprint density at radius 3 is 2.31 bits per heavy atom. The second-order valence-electron chi connectivity index (χ2n) is 7.71. The summed E-state index contributed by atoms with van der Waals surface area (Å²) in [7, 11) is -3.30. The molecular weight excluding hydrogens is 386 g/mol. The number of hydrogen-bond donors (Lipinski definition) is 0. The van der Waals surface area contributed by atoms with E-state index in [-0.39, 0.29) is 11.7 Å². The number of para-hydroxylation sites is 1. The van der Waals surface area contributed by atoms with Crippen molar-refractivity contribution in [1.82, 2.24) is 4.90 Å². The molecule has 0 aliphatic carbocycles. The number of aryl methyl sites for hydroxylation is 1. The Labute approximate surface area is 172 Å². The van der Waals surface area contributed by atoms with Gasteiger partial charge >= 0.3 is 0 Å². The molecule has 0 N–H and O–H groups in total. The molecule has 154 valence electrons. The van der Waals surface area contributed by atoms with Crippen LogP contribution in [-0.4, -0.2) is 57.7 Å². The third-order valence-corrected chi connectivity index (χ3v) is 7.62. The highest BCUT2D eigenvalue weighted by atomic mass is 32.2. The minimum Gasteiger partial charge on any atom is -0.368 e. The Bertz CT molecular complexity index is 984. The van der Waals surface area contributed by atoms with E-state index in [4.69, 9.17) is 0 Å². The Balaban J connectivity index is 1.50. The van der Waals surface area contributed by atoms with Gasteiger partial charge in [0.25, 0.3) is 5.91 Å². The molecule has 7 heteroatoms. The third kappa shape index (κ3) is 4.10. The van der Waals surface area contributed by atoms with Gasteiger partial charge in [-0.3, -0.25) is 9.10 Å². The lowest BCUT2D eigenvalue weighted by Gasteiger charge is -2.36. The van der Waals surface area contributed by atoms with Crippen LogP contribution < -0.4 is 9.21 Å². The molecule has 0 spiro atoms. The summed E-state index contributed by atoms with van der Waals surface area (Å²) in [5, 5.41) is 0. The molecule has 6 nitrogen and oxygen atoms in total. The summed E-state index contributed by atoms with van der Waals surface area (Å²) in [4.78, 5) is 17.2. The van der Waals surface area contributed by atoms with E-state index in [1.807, 2.05) is 36.1 Å². The molecule has 2 heterocycles. The summed E-state index contributed by atoms with van der Waals surface area (Å²) in [6, 6.07) is 15.6. The SMILES string of the molecule is Cc1ccc(C(=O)N2CCN(c3ccccc3)CC2)cc1N1CCCCS1(=O)=O. The predicted octanol–water partition coefficient (Wildman–Crippen LogP) is 2.89. The lowest BCUT2D eigenvalue weighted by atomic mass is 10.1. The monoisotopic (exact) mass is 413 g/mol. The molecule has 0 aromatic heterocycles. The number of sulfonamides is 1. The highest BCUT2D eigenvalue weighted by Gasteiger charge is 2.29. The Morgan fingerprint density at radius 2 is 1.62 bits per heavy atom. The van der Waals surface area contributed by atoms with Gasteiger partial charge in [0.2, 0.25) is 10.0 Å². The van der Waals surface area contributed by atoms with Crippen molar-refractivity contribution >= 4 is 27.3 Å². The van der Waals surface area contributed by atoms with Crippen LogP contribution in [0, 0.1) is 6.92 Å². The molecule has 0 radical (unpaired) electrons. The van der Waals surface area contributed by atoms with E-state index in [1.165, 1.54) is 9.99 Å². The molecular formula is C22H27N3O3S. The first-order valence-corrected chi connectivity index (χ1v) is 11.8. The Morgan fingerprint density at radius 1 is 0.897 bits per heavy atom. The standard InChI is InChI=1S/C22H27N3O3S/c1-18-9-10-19(17-21(18)25-11-5-6-16-29(25,27)28)22(26)24-14-12-23(13-15-24)20-7-3-2-4-8-20/h2-4,7-10,17H,5-6,11-16H2,1H3. The maximum absolute atomic E-state index is 13.1. The van der Waals surface area contributed by atoms with E-state index >= 15 is 0 Å². The van der Waals surface area contributed by atoms with Gasteiger partial charge in [-0.05, 0) is 49.6 Å². The topological polar surface area (TPSA) is 60.9 Å². The maximum atomic E-state index is 13.1. The molecule has 2 saturated heterocycles. The van der Waals surface area contributed by atoms with Gasteiger partial charge in [0.15, 0.2) is 0 Å². The molecule has 2 aliphatic rings. The van der Waals surface area contributed by atoms with Gasteiger partial charge in [-0.25, -0.2) is 8.42 Å². The lowest BCUT2D eigenvalue weighted by Crippen LogP contribution is -2.48. The summed E-state index contributed by atoms with van der Waals surface area (Å²) < 4.78 is 26.5. The van der Waals surface area contributed by atoms with Crippen LogP contribution in [0.4, 0.5) is 11.4 Å². The highest BCUT2D eigenvalue weighted by Crippen LogP contribution is 2.28. The minimum absolute atomic E-state index is 0.0339. The van der Waals surface area contributed by atoms with E-state index < -0.39 is 10.0 Å². The Kier molecular flexibility index (Phi) is 5.50. The number of hydrogen-bond acceptors (Lipinski definition) is 4. The molecule has 4 rings (SSSR count). The van der Waals surface area contributed by atoms with Crippen LogP contribution in [0.25, 0.3) is 0 Å². The summed E-state index contributed by atoms with van der Waals surface area (Å²) >= 11 is 0. The average molecular weight is 414 g/mol. The van der Waals surface area contributed by atoms with Crippen molar-refractivity contribution in [2.45, 2.75) is 19.8 Å². The molecule has 0 bridgehead atoms. The van der Waals surface area contributed by atoms with Gasteiger partial charge in [-0.15, -0.1) is 0 Å². The van der Waals surface area contributed by atoms with E-state index in [2.05, 4.69) is 17.0 Å². The molecule has 2 aromatic rings. The zero-order valence-electron chi connectivity index (χ0n) is 16.8. The fourth-order valence-corrected chi connectivity index (χ4v) is 5.75. The van der Waals surface area contributed by atoms with Crippen LogP contribution in [0.5, 0.6) is 0 Å². The largest absolute Gasteiger partial charge is 0.368 e. The average Bonchev–Trinajstić information content (AvgIpc) is 2.74. The van der Waals surface area contributed by atoms with Crippen molar-refractivity contribution in [3.63, 3.8) is 0 Å². The number of piperazine rings is 1. The van der Waals surface area contributed by atoms with Gasteiger partial charge in [0.05, 0.1) is 11.4 Å². The maximum Gasteiger partial charge on any atom is 0.254 e. The highest BCUT2D eigenvalue weighted by molar-refractivity contribution is 7.92. The quantitative estimate of drug-likeness (QED) is 0.776. The number of rotatable bonds is 3. The summed E-state index contributed by atoms with van der Waals surface area (Å²) in [5.74, 6) is 0.139. The van der Waals surface area contributed by atoms with Crippen molar-refractivity contribution in [1.29, 1.82) is 0 Å². The normalized spacial score (nSPS) is 19.3. The van der Waals surface area contributed by atoms with E-state index in [0.29, 0.717) is 37.3 Å². The van der Waals surface area contributed by atoms with Crippen LogP contribution in [0.2, 0.25) is 0 Å². The molecule has 29 heavy (non-hydrogen) atoms. The van der Waals surface area contributed by atoms with Gasteiger partial charge < -0.3 is 9.80 Å². The summed E-state index contributed by atoms with van der Waals surface area (Å²) in [5.41, 5.74) is 3.24. The zero-order chi connectivity index (χ0) is 20.4. The van der Waals surface area contributed by atoms with E-state index in [0.717, 1.165) is 25.1 Å². The second kappa shape index (κ2) is 8.06. The van der Waals surface area contributed by atoms with Gasteiger partial charge in [0, 0.05) is 44.0 Å². The fourth-order valence-electron chi connectivity index (χ4n) is 4.06. The van der Waals surface area contributed by atoms with Crippen molar-refractivity contribution in [3.05, 3.63) is 59.7 Å². The van der Waals surface area contributed by atoms with Crippen LogP contribution in [0.15, 0.2) is 48.5 Å². The summed E-state index contributed by atoms with van der Waals surface area (Å²) in [6.45, 7) is 5.25. The van der Waals surface area contributed by atoms with Crippen LogP contribution >= 0.6 is 0 Å². The van der Waals surface area contributed by atoms with Crippen molar-refractivity contribution in [2.75, 3.05) is 47.7 Å². The van der Waals surface area contributed by atoms with Gasteiger partial charge in [-0.2, -0.15) is 0 Å². The van der Waals surface area contributed by atoms with Gasteiger partial charge in [0.1, 0.15) is 0 Å². The van der Waals surface area contributed by atoms with Crippen LogP contribution in [0.1, 0.15) is 28.8 Å². The zero-order valence-corrected chi connectivity index (χ0v) is 17.6. The number of carbonyl (C=O) groups excluding carboxylic acids is 1. The van der Waals surface area contributed by atoms with Gasteiger partial charge in [-0.1, -0.05) is 24.3 Å². The number of benzene rings is 2. The molecule has 1 amide bonds. The Hall–Kier alpha value is -2.54. The van der Waals surface area contributed by atoms with Crippen molar-refractivity contribution in [2.24, 2.45) is 0 Å².